The summed E-state index contributed by atoms with van der Waals surface area (Å²) in [5, 5.41) is 0. The van der Waals surface area contributed by atoms with Gasteiger partial charge >= 0.3 is 0 Å². The second-order valence-corrected chi connectivity index (χ2v) is 7.37. The lowest BCUT2D eigenvalue weighted by Crippen LogP contribution is -2.53. The first-order chi connectivity index (χ1) is 10.0. The Balaban J connectivity index is 1.78. The number of hydrogen-bond donors (Lipinski definition) is 0. The van der Waals surface area contributed by atoms with Crippen LogP contribution in [0.5, 0.6) is 11.5 Å². The van der Waals surface area contributed by atoms with E-state index in [1.807, 2.05) is 24.3 Å². The Kier molecular flexibility index (Phi) is 4.12. The zero-order valence-electron chi connectivity index (χ0n) is 13.5. The van der Waals surface area contributed by atoms with Crippen LogP contribution in [0.2, 0.25) is 0 Å². The van der Waals surface area contributed by atoms with Crippen molar-refractivity contribution >= 4 is 0 Å². The molecule has 0 spiro atoms. The van der Waals surface area contributed by atoms with E-state index in [0.717, 1.165) is 18.0 Å². The molecule has 3 rings (SSSR count). The quantitative estimate of drug-likeness (QED) is 0.828. The van der Waals surface area contributed by atoms with Crippen molar-refractivity contribution in [2.75, 3.05) is 19.6 Å². The van der Waals surface area contributed by atoms with E-state index in [-0.39, 0.29) is 17.6 Å². The SMILES string of the molecule is CC(C)(C)C1Oc2ccccc2OC1CN1CCCCC1. The van der Waals surface area contributed by atoms with Gasteiger partial charge in [-0.15, -0.1) is 0 Å². The van der Waals surface area contributed by atoms with Gasteiger partial charge in [-0.1, -0.05) is 39.3 Å². The Morgan fingerprint density at radius 3 is 2.24 bits per heavy atom. The molecule has 2 aliphatic rings. The zero-order chi connectivity index (χ0) is 14.9. The van der Waals surface area contributed by atoms with E-state index in [2.05, 4.69) is 25.7 Å². The molecular weight excluding hydrogens is 262 g/mol. The molecule has 2 heterocycles. The number of hydrogen-bond acceptors (Lipinski definition) is 3. The Morgan fingerprint density at radius 1 is 1.00 bits per heavy atom. The third-order valence-corrected chi connectivity index (χ3v) is 4.46. The first kappa shape index (κ1) is 14.7. The number of rotatable bonds is 2. The fourth-order valence-corrected chi connectivity index (χ4v) is 3.35. The first-order valence-corrected chi connectivity index (χ1v) is 8.19. The summed E-state index contributed by atoms with van der Waals surface area (Å²) in [6.07, 6.45) is 4.19. The number of nitrogens with zero attached hydrogens (tertiary/aromatic N) is 1. The van der Waals surface area contributed by atoms with Crippen LogP contribution in [-0.2, 0) is 0 Å². The molecule has 116 valence electrons. The van der Waals surface area contributed by atoms with Gasteiger partial charge in [-0.2, -0.15) is 0 Å². The predicted molar refractivity (Wildman–Crippen MR) is 85.0 cm³/mol. The minimum absolute atomic E-state index is 0.0635. The van der Waals surface area contributed by atoms with Gasteiger partial charge in [0.2, 0.25) is 0 Å². The van der Waals surface area contributed by atoms with Crippen LogP contribution in [0, 0.1) is 5.41 Å². The molecule has 2 aliphatic heterocycles. The Hall–Kier alpha value is -1.22. The number of likely N-dealkylation sites (tertiary alicyclic amines) is 1. The summed E-state index contributed by atoms with van der Waals surface area (Å²) in [4.78, 5) is 2.53. The van der Waals surface area contributed by atoms with Crippen LogP contribution in [0.25, 0.3) is 0 Å². The second-order valence-electron chi connectivity index (χ2n) is 7.37. The van der Waals surface area contributed by atoms with Crippen molar-refractivity contribution in [3.05, 3.63) is 24.3 Å². The standard InChI is InChI=1S/C18H27NO2/c1-18(2,3)17-16(13-19-11-7-4-8-12-19)20-14-9-5-6-10-15(14)21-17/h5-6,9-10,16-17H,4,7-8,11-13H2,1-3H3. The number of ether oxygens (including phenoxy) is 2. The molecule has 0 radical (unpaired) electrons. The van der Waals surface area contributed by atoms with Gasteiger partial charge in [0.15, 0.2) is 11.5 Å². The smallest absolute Gasteiger partial charge is 0.161 e. The van der Waals surface area contributed by atoms with E-state index in [1.54, 1.807) is 0 Å². The van der Waals surface area contributed by atoms with Crippen LogP contribution in [-0.4, -0.2) is 36.7 Å². The van der Waals surface area contributed by atoms with Gasteiger partial charge < -0.3 is 9.47 Å². The second kappa shape index (κ2) is 5.88. The lowest BCUT2D eigenvalue weighted by atomic mass is 9.84. The predicted octanol–water partition coefficient (Wildman–Crippen LogP) is 3.73. The van der Waals surface area contributed by atoms with Crippen molar-refractivity contribution in [1.29, 1.82) is 0 Å². The number of fused-ring (bicyclic) bond motifs is 1. The lowest BCUT2D eigenvalue weighted by Gasteiger charge is -2.43. The highest BCUT2D eigenvalue weighted by Crippen LogP contribution is 2.39. The van der Waals surface area contributed by atoms with Crippen molar-refractivity contribution in [3.8, 4) is 11.5 Å². The molecular formula is C18H27NO2. The summed E-state index contributed by atoms with van der Waals surface area (Å²) in [5.74, 6) is 1.77. The summed E-state index contributed by atoms with van der Waals surface area (Å²) >= 11 is 0. The van der Waals surface area contributed by atoms with E-state index in [4.69, 9.17) is 9.47 Å². The topological polar surface area (TPSA) is 21.7 Å². The van der Waals surface area contributed by atoms with Gasteiger partial charge in [-0.3, -0.25) is 4.90 Å². The summed E-state index contributed by atoms with van der Waals surface area (Å²) < 4.78 is 12.6. The molecule has 0 N–H and O–H groups in total. The molecule has 21 heavy (non-hydrogen) atoms. The molecule has 3 nitrogen and oxygen atoms in total. The van der Waals surface area contributed by atoms with E-state index in [0.29, 0.717) is 0 Å². The fourth-order valence-electron chi connectivity index (χ4n) is 3.35. The lowest BCUT2D eigenvalue weighted by molar-refractivity contribution is -0.0536. The van der Waals surface area contributed by atoms with Crippen LogP contribution in [0.1, 0.15) is 40.0 Å². The Labute approximate surface area is 128 Å². The maximum absolute atomic E-state index is 6.31. The monoisotopic (exact) mass is 289 g/mol. The van der Waals surface area contributed by atoms with Gasteiger partial charge in [0.05, 0.1) is 0 Å². The molecule has 0 aliphatic carbocycles. The number of benzene rings is 1. The molecule has 2 atom stereocenters. The highest BCUT2D eigenvalue weighted by molar-refractivity contribution is 5.41. The number of piperidine rings is 1. The van der Waals surface area contributed by atoms with E-state index in [1.165, 1.54) is 32.4 Å². The van der Waals surface area contributed by atoms with E-state index < -0.39 is 0 Å². The Bertz CT molecular complexity index is 474. The molecule has 0 aromatic heterocycles. The highest BCUT2D eigenvalue weighted by atomic mass is 16.6. The van der Waals surface area contributed by atoms with Gasteiger partial charge in [0.25, 0.3) is 0 Å². The van der Waals surface area contributed by atoms with Gasteiger partial charge in [0.1, 0.15) is 12.2 Å². The molecule has 1 aromatic carbocycles. The van der Waals surface area contributed by atoms with E-state index in [9.17, 15) is 0 Å². The molecule has 1 aromatic rings. The third kappa shape index (κ3) is 3.34. The molecule has 0 bridgehead atoms. The van der Waals surface area contributed by atoms with Gasteiger partial charge in [0, 0.05) is 12.0 Å². The van der Waals surface area contributed by atoms with Crippen LogP contribution in [0.4, 0.5) is 0 Å². The molecule has 0 saturated carbocycles. The average Bonchev–Trinajstić information content (AvgIpc) is 2.46. The highest BCUT2D eigenvalue weighted by Gasteiger charge is 2.40. The zero-order valence-corrected chi connectivity index (χ0v) is 13.5. The van der Waals surface area contributed by atoms with Crippen molar-refractivity contribution in [1.82, 2.24) is 4.90 Å². The van der Waals surface area contributed by atoms with Crippen molar-refractivity contribution in [3.63, 3.8) is 0 Å². The van der Waals surface area contributed by atoms with E-state index >= 15 is 0 Å². The minimum Gasteiger partial charge on any atom is -0.482 e. The molecule has 0 amide bonds. The summed E-state index contributed by atoms with van der Waals surface area (Å²) in [6.45, 7) is 10.1. The third-order valence-electron chi connectivity index (χ3n) is 4.46. The molecule has 2 unspecified atom stereocenters. The maximum atomic E-state index is 6.31. The first-order valence-electron chi connectivity index (χ1n) is 8.19. The molecule has 1 fully saturated rings. The Morgan fingerprint density at radius 2 is 1.62 bits per heavy atom. The van der Waals surface area contributed by atoms with Crippen LogP contribution in [0.3, 0.4) is 0 Å². The largest absolute Gasteiger partial charge is 0.482 e. The average molecular weight is 289 g/mol. The van der Waals surface area contributed by atoms with Gasteiger partial charge in [-0.05, 0) is 38.1 Å². The summed E-state index contributed by atoms with van der Waals surface area (Å²) in [5.41, 5.74) is 0.0635. The van der Waals surface area contributed by atoms with Crippen molar-refractivity contribution in [2.24, 2.45) is 5.41 Å². The normalized spacial score (nSPS) is 26.6. The van der Waals surface area contributed by atoms with Crippen LogP contribution < -0.4 is 9.47 Å². The van der Waals surface area contributed by atoms with Crippen LogP contribution in [0.15, 0.2) is 24.3 Å². The maximum Gasteiger partial charge on any atom is 0.161 e. The number of para-hydroxylation sites is 2. The minimum atomic E-state index is 0.0635. The van der Waals surface area contributed by atoms with Crippen molar-refractivity contribution in [2.45, 2.75) is 52.2 Å². The summed E-state index contributed by atoms with van der Waals surface area (Å²) in [6, 6.07) is 8.03. The molecule has 3 heteroatoms. The molecule has 1 saturated heterocycles. The van der Waals surface area contributed by atoms with Gasteiger partial charge in [-0.25, -0.2) is 0 Å². The fraction of sp³-hybridized carbons (Fsp3) is 0.667. The summed E-state index contributed by atoms with van der Waals surface area (Å²) in [7, 11) is 0. The van der Waals surface area contributed by atoms with Crippen LogP contribution >= 0.6 is 0 Å². The van der Waals surface area contributed by atoms with Crippen molar-refractivity contribution < 1.29 is 9.47 Å².